The summed E-state index contributed by atoms with van der Waals surface area (Å²) in [4.78, 5) is 6.64. The molecule has 28 heavy (non-hydrogen) atoms. The van der Waals surface area contributed by atoms with Crippen LogP contribution in [0.15, 0.2) is 46.1 Å². The monoisotopic (exact) mass is 409 g/mol. The molecule has 1 aliphatic heterocycles. The van der Waals surface area contributed by atoms with Crippen molar-refractivity contribution in [2.45, 2.75) is 19.2 Å². The number of hydrogen-bond acceptors (Lipinski definition) is 5. The number of nitrogens with zero attached hydrogens (tertiary/aromatic N) is 4. The minimum absolute atomic E-state index is 0.164. The highest BCUT2D eigenvalue weighted by Crippen LogP contribution is 2.13. The maximum absolute atomic E-state index is 13.0. The van der Waals surface area contributed by atoms with Crippen molar-refractivity contribution in [3.8, 4) is 0 Å². The molecule has 1 aromatic carbocycles. The standard InChI is InChI=1S/C18H24FN5O3S/c1-2-20-18(21-13-15-3-5-16(19)6-4-15)23-8-10-24(11-9-23)28(25,26)14-17-7-12-27-22-17/h3-7,12H,2,8-11,13-14H2,1H3,(H,20,21). The van der Waals surface area contributed by atoms with Crippen LogP contribution in [-0.4, -0.2) is 61.5 Å². The molecule has 0 aliphatic carbocycles. The normalized spacial score (nSPS) is 16.4. The van der Waals surface area contributed by atoms with Crippen LogP contribution in [0, 0.1) is 5.82 Å². The van der Waals surface area contributed by atoms with E-state index >= 15 is 0 Å². The second-order valence-corrected chi connectivity index (χ2v) is 8.40. The molecule has 152 valence electrons. The topological polar surface area (TPSA) is 91.0 Å². The third-order valence-electron chi connectivity index (χ3n) is 4.41. The van der Waals surface area contributed by atoms with E-state index in [1.807, 2.05) is 11.8 Å². The molecule has 3 rings (SSSR count). The van der Waals surface area contributed by atoms with E-state index in [4.69, 9.17) is 4.52 Å². The fourth-order valence-corrected chi connectivity index (χ4v) is 4.37. The highest BCUT2D eigenvalue weighted by Gasteiger charge is 2.28. The van der Waals surface area contributed by atoms with E-state index in [9.17, 15) is 12.8 Å². The first-order chi connectivity index (χ1) is 13.5. The predicted molar refractivity (Wildman–Crippen MR) is 103 cm³/mol. The lowest BCUT2D eigenvalue weighted by molar-refractivity contribution is 0.259. The molecule has 10 heteroatoms. The summed E-state index contributed by atoms with van der Waals surface area (Å²) in [5.74, 6) is 0.283. The SMILES string of the molecule is CCNC(=NCc1ccc(F)cc1)N1CCN(S(=O)(=O)Cc2ccon2)CC1. The summed E-state index contributed by atoms with van der Waals surface area (Å²) < 4.78 is 44.3. The minimum Gasteiger partial charge on any atom is -0.364 e. The Labute approximate surface area is 164 Å². The van der Waals surface area contributed by atoms with Crippen molar-refractivity contribution < 1.29 is 17.3 Å². The van der Waals surface area contributed by atoms with Crippen molar-refractivity contribution in [1.29, 1.82) is 0 Å². The van der Waals surface area contributed by atoms with Gasteiger partial charge in [-0.3, -0.25) is 0 Å². The lowest BCUT2D eigenvalue weighted by Crippen LogP contribution is -2.53. The van der Waals surface area contributed by atoms with E-state index < -0.39 is 10.0 Å². The molecular weight excluding hydrogens is 385 g/mol. The van der Waals surface area contributed by atoms with Crippen LogP contribution >= 0.6 is 0 Å². The molecule has 1 saturated heterocycles. The Hall–Kier alpha value is -2.46. The Balaban J connectivity index is 1.60. The number of guanidine groups is 1. The second-order valence-electron chi connectivity index (χ2n) is 6.43. The van der Waals surface area contributed by atoms with E-state index in [2.05, 4.69) is 15.5 Å². The molecule has 0 spiro atoms. The van der Waals surface area contributed by atoms with Crippen molar-refractivity contribution in [3.63, 3.8) is 0 Å². The summed E-state index contributed by atoms with van der Waals surface area (Å²) in [6.45, 7) is 4.93. The number of sulfonamides is 1. The molecule has 0 bridgehead atoms. The van der Waals surface area contributed by atoms with Gasteiger partial charge >= 0.3 is 0 Å². The fourth-order valence-electron chi connectivity index (χ4n) is 2.95. The van der Waals surface area contributed by atoms with Crippen LogP contribution in [0.2, 0.25) is 0 Å². The lowest BCUT2D eigenvalue weighted by atomic mass is 10.2. The molecule has 2 heterocycles. The number of rotatable bonds is 6. The molecule has 1 aromatic heterocycles. The maximum atomic E-state index is 13.0. The van der Waals surface area contributed by atoms with E-state index in [1.54, 1.807) is 18.2 Å². The van der Waals surface area contributed by atoms with Gasteiger partial charge in [0.15, 0.2) is 5.96 Å². The van der Waals surface area contributed by atoms with E-state index in [0.29, 0.717) is 45.0 Å². The van der Waals surface area contributed by atoms with Gasteiger partial charge in [-0.05, 0) is 24.6 Å². The zero-order chi connectivity index (χ0) is 20.0. The predicted octanol–water partition coefficient (Wildman–Crippen LogP) is 1.43. The molecule has 2 aromatic rings. The number of aromatic nitrogens is 1. The highest BCUT2D eigenvalue weighted by atomic mass is 32.2. The first-order valence-electron chi connectivity index (χ1n) is 9.12. The van der Waals surface area contributed by atoms with Gasteiger partial charge in [0.25, 0.3) is 0 Å². The van der Waals surface area contributed by atoms with Crippen LogP contribution < -0.4 is 5.32 Å². The third-order valence-corrected chi connectivity index (χ3v) is 6.23. The number of piperazine rings is 1. The number of nitrogens with one attached hydrogen (secondary N) is 1. The lowest BCUT2D eigenvalue weighted by Gasteiger charge is -2.35. The molecule has 0 saturated carbocycles. The average Bonchev–Trinajstić information content (AvgIpc) is 3.19. The molecule has 0 atom stereocenters. The quantitative estimate of drug-likeness (QED) is 0.573. The van der Waals surface area contributed by atoms with Crippen LogP contribution in [0.4, 0.5) is 4.39 Å². The molecule has 0 radical (unpaired) electrons. The summed E-state index contributed by atoms with van der Waals surface area (Å²) >= 11 is 0. The molecule has 8 nitrogen and oxygen atoms in total. The fraction of sp³-hybridized carbons (Fsp3) is 0.444. The Morgan fingerprint density at radius 3 is 2.54 bits per heavy atom. The Kier molecular flexibility index (Phi) is 6.63. The van der Waals surface area contributed by atoms with Crippen LogP contribution in [0.1, 0.15) is 18.2 Å². The zero-order valence-corrected chi connectivity index (χ0v) is 16.5. The van der Waals surface area contributed by atoms with E-state index in [0.717, 1.165) is 11.5 Å². The number of aliphatic imine (C=N–C) groups is 1. The van der Waals surface area contributed by atoms with Gasteiger partial charge < -0.3 is 14.7 Å². The van der Waals surface area contributed by atoms with Gasteiger partial charge in [0.05, 0.1) is 12.2 Å². The van der Waals surface area contributed by atoms with Crippen LogP contribution in [-0.2, 0) is 22.3 Å². The number of hydrogen-bond donors (Lipinski definition) is 1. The van der Waals surface area contributed by atoms with Gasteiger partial charge in [-0.2, -0.15) is 4.31 Å². The molecule has 0 amide bonds. The van der Waals surface area contributed by atoms with E-state index in [1.165, 1.54) is 22.7 Å². The van der Waals surface area contributed by atoms with Gasteiger partial charge in [0.2, 0.25) is 10.0 Å². The van der Waals surface area contributed by atoms with Crippen LogP contribution in [0.25, 0.3) is 0 Å². The summed E-state index contributed by atoms with van der Waals surface area (Å²) in [5, 5.41) is 6.91. The van der Waals surface area contributed by atoms with Gasteiger partial charge in [0, 0.05) is 38.8 Å². The number of benzene rings is 1. The molecule has 1 N–H and O–H groups in total. The highest BCUT2D eigenvalue weighted by molar-refractivity contribution is 7.88. The largest absolute Gasteiger partial charge is 0.364 e. The minimum atomic E-state index is -3.44. The Morgan fingerprint density at radius 2 is 1.93 bits per heavy atom. The summed E-state index contributed by atoms with van der Waals surface area (Å²) in [6, 6.07) is 7.79. The Bertz CT molecular complexity index is 876. The first kappa shape index (κ1) is 20.3. The average molecular weight is 409 g/mol. The zero-order valence-electron chi connectivity index (χ0n) is 15.7. The van der Waals surface area contributed by atoms with Crippen molar-refractivity contribution in [2.75, 3.05) is 32.7 Å². The van der Waals surface area contributed by atoms with Crippen molar-refractivity contribution in [2.24, 2.45) is 4.99 Å². The summed E-state index contributed by atoms with van der Waals surface area (Å²) in [5.41, 5.74) is 1.31. The summed E-state index contributed by atoms with van der Waals surface area (Å²) in [7, 11) is -3.44. The second kappa shape index (κ2) is 9.16. The van der Waals surface area contributed by atoms with Gasteiger partial charge in [-0.1, -0.05) is 17.3 Å². The van der Waals surface area contributed by atoms with E-state index in [-0.39, 0.29) is 11.6 Å². The molecule has 1 aliphatic rings. The van der Waals surface area contributed by atoms with Gasteiger partial charge in [0.1, 0.15) is 17.8 Å². The number of halogens is 1. The third kappa shape index (κ3) is 5.29. The van der Waals surface area contributed by atoms with Crippen LogP contribution in [0.5, 0.6) is 0 Å². The first-order valence-corrected chi connectivity index (χ1v) is 10.7. The van der Waals surface area contributed by atoms with Crippen LogP contribution in [0.3, 0.4) is 0 Å². The Morgan fingerprint density at radius 1 is 1.21 bits per heavy atom. The smallest absolute Gasteiger partial charge is 0.220 e. The van der Waals surface area contributed by atoms with Gasteiger partial charge in [-0.15, -0.1) is 0 Å². The summed E-state index contributed by atoms with van der Waals surface area (Å²) in [6.07, 6.45) is 1.36. The van der Waals surface area contributed by atoms with Gasteiger partial charge in [-0.25, -0.2) is 17.8 Å². The molecule has 0 unspecified atom stereocenters. The van der Waals surface area contributed by atoms with Crippen molar-refractivity contribution >= 4 is 16.0 Å². The maximum Gasteiger partial charge on any atom is 0.220 e. The van der Waals surface area contributed by atoms with Crippen molar-refractivity contribution in [3.05, 3.63) is 53.7 Å². The molecule has 1 fully saturated rings. The van der Waals surface area contributed by atoms with Crippen molar-refractivity contribution in [1.82, 2.24) is 19.7 Å². The molecular formula is C18H24FN5O3S.